The lowest BCUT2D eigenvalue weighted by Crippen LogP contribution is -2.01. The molecule has 0 bridgehead atoms. The van der Waals surface area contributed by atoms with Crippen molar-refractivity contribution in [1.82, 2.24) is 9.97 Å². The van der Waals surface area contributed by atoms with Crippen LogP contribution in [0.15, 0.2) is 36.4 Å². The maximum absolute atomic E-state index is 9.59. The summed E-state index contributed by atoms with van der Waals surface area (Å²) in [6.07, 6.45) is 0. The highest BCUT2D eigenvalue weighted by molar-refractivity contribution is 5.93. The minimum Gasteiger partial charge on any atom is -0.392 e. The summed E-state index contributed by atoms with van der Waals surface area (Å²) < 4.78 is 0. The molecule has 0 saturated carbocycles. The molecule has 22 heavy (non-hydrogen) atoms. The van der Waals surface area contributed by atoms with Gasteiger partial charge in [0.25, 0.3) is 0 Å². The normalized spacial score (nSPS) is 10.9. The number of aromatic nitrogens is 2. The summed E-state index contributed by atoms with van der Waals surface area (Å²) >= 11 is 0. The highest BCUT2D eigenvalue weighted by atomic mass is 16.3. The van der Waals surface area contributed by atoms with Gasteiger partial charge in [-0.2, -0.15) is 4.98 Å². The van der Waals surface area contributed by atoms with Gasteiger partial charge in [-0.05, 0) is 41.3 Å². The molecule has 0 unspecified atom stereocenters. The number of anilines is 2. The Kier molecular flexibility index (Phi) is 3.65. The molecule has 5 nitrogen and oxygen atoms in total. The van der Waals surface area contributed by atoms with Crippen LogP contribution in [-0.4, -0.2) is 22.1 Å². The number of fused-ring (bicyclic) bond motifs is 1. The van der Waals surface area contributed by atoms with E-state index in [-0.39, 0.29) is 12.6 Å². The zero-order valence-electron chi connectivity index (χ0n) is 12.6. The van der Waals surface area contributed by atoms with Crippen LogP contribution < -0.4 is 11.1 Å². The van der Waals surface area contributed by atoms with E-state index in [0.717, 1.165) is 33.2 Å². The summed E-state index contributed by atoms with van der Waals surface area (Å²) in [7, 11) is 1.81. The number of nitrogen functional groups attached to an aromatic ring is 1. The Labute approximate surface area is 128 Å². The molecule has 112 valence electrons. The molecule has 0 aliphatic carbocycles. The molecule has 1 aromatic heterocycles. The molecule has 1 heterocycles. The van der Waals surface area contributed by atoms with Gasteiger partial charge in [0.15, 0.2) is 0 Å². The largest absolute Gasteiger partial charge is 0.392 e. The Balaban J connectivity index is 2.26. The first kappa shape index (κ1) is 14.3. The molecule has 3 aromatic rings. The quantitative estimate of drug-likeness (QED) is 0.691. The van der Waals surface area contributed by atoms with Gasteiger partial charge >= 0.3 is 0 Å². The first-order valence-corrected chi connectivity index (χ1v) is 7.08. The number of aryl methyl sites for hydroxylation is 1. The molecule has 0 aliphatic heterocycles. The molecule has 4 N–H and O–H groups in total. The predicted octanol–water partition coefficient (Wildman–Crippen LogP) is 2.72. The topological polar surface area (TPSA) is 84.1 Å². The van der Waals surface area contributed by atoms with E-state index in [0.29, 0.717) is 5.82 Å². The van der Waals surface area contributed by atoms with Gasteiger partial charge in [0.1, 0.15) is 5.82 Å². The number of aliphatic hydroxyl groups is 1. The van der Waals surface area contributed by atoms with E-state index in [1.165, 1.54) is 0 Å². The lowest BCUT2D eigenvalue weighted by molar-refractivity contribution is 0.282. The fourth-order valence-corrected chi connectivity index (χ4v) is 2.77. The van der Waals surface area contributed by atoms with Crippen LogP contribution in [-0.2, 0) is 6.61 Å². The zero-order valence-corrected chi connectivity index (χ0v) is 12.6. The number of rotatable bonds is 3. The molecule has 0 amide bonds. The second-order valence-electron chi connectivity index (χ2n) is 5.18. The van der Waals surface area contributed by atoms with Crippen molar-refractivity contribution in [2.45, 2.75) is 13.5 Å². The molecule has 5 heteroatoms. The molecule has 0 saturated heterocycles. The van der Waals surface area contributed by atoms with Gasteiger partial charge in [0.05, 0.1) is 12.1 Å². The number of nitrogens with zero attached hydrogens (tertiary/aromatic N) is 2. The molecular formula is C17H18N4O. The van der Waals surface area contributed by atoms with Crippen LogP contribution in [0.2, 0.25) is 0 Å². The minimum atomic E-state index is 0.00271. The number of nitrogens with two attached hydrogens (primary N) is 1. The van der Waals surface area contributed by atoms with Crippen molar-refractivity contribution in [2.24, 2.45) is 0 Å². The average molecular weight is 294 g/mol. The summed E-state index contributed by atoms with van der Waals surface area (Å²) in [6, 6.07) is 11.9. The lowest BCUT2D eigenvalue weighted by Gasteiger charge is -2.13. The van der Waals surface area contributed by atoms with Crippen molar-refractivity contribution >= 4 is 22.7 Å². The monoisotopic (exact) mass is 294 g/mol. The van der Waals surface area contributed by atoms with Crippen LogP contribution in [0.4, 0.5) is 11.8 Å². The third-order valence-electron chi connectivity index (χ3n) is 3.77. The van der Waals surface area contributed by atoms with Crippen LogP contribution in [0.25, 0.3) is 22.0 Å². The van der Waals surface area contributed by atoms with E-state index >= 15 is 0 Å². The first-order chi connectivity index (χ1) is 10.6. The molecule has 0 spiro atoms. The Hall–Kier alpha value is -2.66. The van der Waals surface area contributed by atoms with E-state index in [1.807, 2.05) is 43.3 Å². The summed E-state index contributed by atoms with van der Waals surface area (Å²) in [5.74, 6) is 0.947. The van der Waals surface area contributed by atoms with E-state index in [4.69, 9.17) is 5.73 Å². The fourth-order valence-electron chi connectivity index (χ4n) is 2.77. The first-order valence-electron chi connectivity index (χ1n) is 7.08. The van der Waals surface area contributed by atoms with Crippen molar-refractivity contribution in [2.75, 3.05) is 18.1 Å². The van der Waals surface area contributed by atoms with Crippen LogP contribution >= 0.6 is 0 Å². The molecule has 0 fully saturated rings. The smallest absolute Gasteiger partial charge is 0.222 e. The highest BCUT2D eigenvalue weighted by Gasteiger charge is 2.11. The van der Waals surface area contributed by atoms with Gasteiger partial charge in [-0.3, -0.25) is 0 Å². The van der Waals surface area contributed by atoms with E-state index in [9.17, 15) is 5.11 Å². The van der Waals surface area contributed by atoms with E-state index in [1.54, 1.807) is 7.05 Å². The van der Waals surface area contributed by atoms with Gasteiger partial charge in [-0.25, -0.2) is 4.98 Å². The maximum atomic E-state index is 9.59. The van der Waals surface area contributed by atoms with Gasteiger partial charge in [-0.15, -0.1) is 0 Å². The second kappa shape index (κ2) is 5.61. The predicted molar refractivity (Wildman–Crippen MR) is 89.6 cm³/mol. The molecular weight excluding hydrogens is 276 g/mol. The number of aliphatic hydroxyl groups excluding tert-OH is 1. The third-order valence-corrected chi connectivity index (χ3v) is 3.77. The second-order valence-corrected chi connectivity index (χ2v) is 5.18. The molecule has 2 aromatic carbocycles. The number of nitrogens with one attached hydrogen (secondary N) is 1. The SMILES string of the molecule is CNc1nc(N)nc2cc(-c3c(C)cccc3CO)ccc12. The Bertz CT molecular complexity index is 845. The minimum absolute atomic E-state index is 0.00271. The molecule has 0 radical (unpaired) electrons. The van der Waals surface area contributed by atoms with Gasteiger partial charge in [0.2, 0.25) is 5.95 Å². The number of hydrogen-bond acceptors (Lipinski definition) is 5. The fraction of sp³-hybridized carbons (Fsp3) is 0.176. The summed E-state index contributed by atoms with van der Waals surface area (Å²) in [4.78, 5) is 8.51. The standard InChI is InChI=1S/C17H18N4O/c1-10-4-3-5-12(9-22)15(10)11-6-7-13-14(8-11)20-17(18)21-16(13)19-2/h3-8,22H,9H2,1-2H3,(H3,18,19,20,21). The number of benzene rings is 2. The summed E-state index contributed by atoms with van der Waals surface area (Å²) in [5, 5.41) is 13.5. The summed E-state index contributed by atoms with van der Waals surface area (Å²) in [5.41, 5.74) is 10.6. The Morgan fingerprint density at radius 1 is 1.18 bits per heavy atom. The van der Waals surface area contributed by atoms with Gasteiger partial charge in [-0.1, -0.05) is 24.3 Å². The molecule has 0 aliphatic rings. The summed E-state index contributed by atoms with van der Waals surface area (Å²) in [6.45, 7) is 2.04. The maximum Gasteiger partial charge on any atom is 0.222 e. The molecule has 3 rings (SSSR count). The van der Waals surface area contributed by atoms with Crippen molar-refractivity contribution in [3.63, 3.8) is 0 Å². The number of hydrogen-bond donors (Lipinski definition) is 3. The van der Waals surface area contributed by atoms with Gasteiger partial charge < -0.3 is 16.2 Å². The highest BCUT2D eigenvalue weighted by Crippen LogP contribution is 2.31. The Morgan fingerprint density at radius 3 is 2.73 bits per heavy atom. The van der Waals surface area contributed by atoms with Crippen molar-refractivity contribution < 1.29 is 5.11 Å². The van der Waals surface area contributed by atoms with Crippen LogP contribution in [0.5, 0.6) is 0 Å². The van der Waals surface area contributed by atoms with Gasteiger partial charge in [0, 0.05) is 12.4 Å². The van der Waals surface area contributed by atoms with Crippen LogP contribution in [0.1, 0.15) is 11.1 Å². The van der Waals surface area contributed by atoms with Crippen LogP contribution in [0, 0.1) is 6.92 Å². The Morgan fingerprint density at radius 2 is 2.00 bits per heavy atom. The van der Waals surface area contributed by atoms with E-state index in [2.05, 4.69) is 15.3 Å². The average Bonchev–Trinajstić information content (AvgIpc) is 2.53. The lowest BCUT2D eigenvalue weighted by atomic mass is 9.94. The van der Waals surface area contributed by atoms with E-state index < -0.39 is 0 Å². The molecule has 0 atom stereocenters. The van der Waals surface area contributed by atoms with Crippen molar-refractivity contribution in [1.29, 1.82) is 0 Å². The zero-order chi connectivity index (χ0) is 15.7. The third kappa shape index (κ3) is 2.35. The van der Waals surface area contributed by atoms with Crippen LogP contribution in [0.3, 0.4) is 0 Å². The van der Waals surface area contributed by atoms with Crippen molar-refractivity contribution in [3.05, 3.63) is 47.5 Å². The van der Waals surface area contributed by atoms with Crippen molar-refractivity contribution in [3.8, 4) is 11.1 Å².